The van der Waals surface area contributed by atoms with Gasteiger partial charge in [0.15, 0.2) is 0 Å². The van der Waals surface area contributed by atoms with Crippen LogP contribution >= 0.6 is 0 Å². The molecule has 1 amide bonds. The summed E-state index contributed by atoms with van der Waals surface area (Å²) in [5, 5.41) is 4.81. The molecule has 0 N–H and O–H groups in total. The highest BCUT2D eigenvalue weighted by Gasteiger charge is 2.29. The van der Waals surface area contributed by atoms with E-state index in [2.05, 4.69) is 10.1 Å². The molecule has 0 saturated carbocycles. The lowest BCUT2D eigenvalue weighted by Gasteiger charge is -2.30. The van der Waals surface area contributed by atoms with E-state index in [4.69, 9.17) is 8.94 Å². The molecule has 1 aliphatic heterocycles. The van der Waals surface area contributed by atoms with Crippen LogP contribution in [0.1, 0.15) is 35.0 Å². The van der Waals surface area contributed by atoms with Gasteiger partial charge >= 0.3 is 5.63 Å². The Balaban J connectivity index is 1.29. The number of hydrogen-bond donors (Lipinski definition) is 0. The first-order valence-corrected chi connectivity index (χ1v) is 9.90. The van der Waals surface area contributed by atoms with Crippen LogP contribution in [0.4, 0.5) is 0 Å². The van der Waals surface area contributed by atoms with Gasteiger partial charge in [-0.3, -0.25) is 4.79 Å². The summed E-state index contributed by atoms with van der Waals surface area (Å²) in [5.41, 5.74) is 0.841. The van der Waals surface area contributed by atoms with Gasteiger partial charge in [0.05, 0.1) is 0 Å². The number of benzene rings is 2. The van der Waals surface area contributed by atoms with E-state index in [-0.39, 0.29) is 17.4 Å². The predicted molar refractivity (Wildman–Crippen MR) is 110 cm³/mol. The fourth-order valence-electron chi connectivity index (χ4n) is 3.82. The van der Waals surface area contributed by atoms with Crippen LogP contribution in [0.5, 0.6) is 0 Å². The first kappa shape index (κ1) is 18.3. The first-order valence-electron chi connectivity index (χ1n) is 9.90. The minimum Gasteiger partial charge on any atom is -0.422 e. The molecule has 7 nitrogen and oxygen atoms in total. The summed E-state index contributed by atoms with van der Waals surface area (Å²) < 4.78 is 10.8. The van der Waals surface area contributed by atoms with Gasteiger partial charge in [-0.1, -0.05) is 53.7 Å². The van der Waals surface area contributed by atoms with Gasteiger partial charge in [0, 0.05) is 30.0 Å². The van der Waals surface area contributed by atoms with Crippen molar-refractivity contribution < 1.29 is 13.7 Å². The SMILES string of the molecule is O=C(c1cc2ccccc2oc1=O)N1CCC(c2nc(-c3ccccc3)no2)CC1. The van der Waals surface area contributed by atoms with Crippen LogP contribution in [-0.4, -0.2) is 34.0 Å². The zero-order valence-corrected chi connectivity index (χ0v) is 16.2. The molecule has 4 aromatic rings. The molecule has 0 aliphatic carbocycles. The second kappa shape index (κ2) is 7.59. The Morgan fingerprint density at radius 3 is 2.53 bits per heavy atom. The Bertz CT molecular complexity index is 1250. The summed E-state index contributed by atoms with van der Waals surface area (Å²) >= 11 is 0. The molecule has 2 aromatic heterocycles. The van der Waals surface area contributed by atoms with Crippen LogP contribution in [0.15, 0.2) is 74.4 Å². The maximum atomic E-state index is 12.9. The summed E-state index contributed by atoms with van der Waals surface area (Å²) in [5.74, 6) is 0.944. The molecule has 1 aliphatic rings. The topological polar surface area (TPSA) is 89.4 Å². The van der Waals surface area contributed by atoms with E-state index >= 15 is 0 Å². The monoisotopic (exact) mass is 401 g/mol. The number of para-hydroxylation sites is 1. The molecule has 7 heteroatoms. The molecular formula is C23H19N3O4. The molecule has 0 bridgehead atoms. The van der Waals surface area contributed by atoms with E-state index < -0.39 is 5.63 Å². The smallest absolute Gasteiger partial charge is 0.349 e. The molecule has 5 rings (SSSR count). The summed E-state index contributed by atoms with van der Waals surface area (Å²) in [6.07, 6.45) is 1.39. The molecule has 3 heterocycles. The number of carbonyl (C=O) groups excluding carboxylic acids is 1. The maximum Gasteiger partial charge on any atom is 0.349 e. The van der Waals surface area contributed by atoms with Gasteiger partial charge in [-0.2, -0.15) is 4.98 Å². The maximum absolute atomic E-state index is 12.9. The Hall–Kier alpha value is -3.74. The van der Waals surface area contributed by atoms with E-state index in [0.717, 1.165) is 10.9 Å². The Labute approximate surface area is 171 Å². The number of hydrogen-bond acceptors (Lipinski definition) is 6. The number of carbonyl (C=O) groups is 1. The Morgan fingerprint density at radius 1 is 1.00 bits per heavy atom. The normalized spacial score (nSPS) is 14.9. The van der Waals surface area contributed by atoms with Crippen LogP contribution in [0.25, 0.3) is 22.4 Å². The van der Waals surface area contributed by atoms with Crippen LogP contribution in [-0.2, 0) is 0 Å². The lowest BCUT2D eigenvalue weighted by molar-refractivity contribution is 0.0700. The van der Waals surface area contributed by atoms with E-state index in [9.17, 15) is 9.59 Å². The van der Waals surface area contributed by atoms with Gasteiger partial charge in [0.25, 0.3) is 5.91 Å². The zero-order chi connectivity index (χ0) is 20.5. The van der Waals surface area contributed by atoms with Gasteiger partial charge in [-0.25, -0.2) is 4.79 Å². The van der Waals surface area contributed by atoms with E-state index in [1.807, 2.05) is 42.5 Å². The number of likely N-dealkylation sites (tertiary alicyclic amines) is 1. The highest BCUT2D eigenvalue weighted by atomic mass is 16.5. The number of nitrogens with zero attached hydrogens (tertiary/aromatic N) is 3. The number of amides is 1. The lowest BCUT2D eigenvalue weighted by atomic mass is 9.96. The van der Waals surface area contributed by atoms with Crippen LogP contribution in [0.2, 0.25) is 0 Å². The molecule has 0 radical (unpaired) electrons. The third-order valence-corrected chi connectivity index (χ3v) is 5.48. The van der Waals surface area contributed by atoms with E-state index in [1.54, 1.807) is 23.1 Å². The van der Waals surface area contributed by atoms with Gasteiger partial charge in [-0.05, 0) is 25.0 Å². The lowest BCUT2D eigenvalue weighted by Crippen LogP contribution is -2.39. The third-order valence-electron chi connectivity index (χ3n) is 5.48. The average molecular weight is 401 g/mol. The fraction of sp³-hybridized carbons (Fsp3) is 0.217. The van der Waals surface area contributed by atoms with Crippen LogP contribution in [0, 0.1) is 0 Å². The quantitative estimate of drug-likeness (QED) is 0.484. The molecule has 30 heavy (non-hydrogen) atoms. The molecule has 1 fully saturated rings. The van der Waals surface area contributed by atoms with Crippen molar-refractivity contribution in [2.75, 3.05) is 13.1 Å². The van der Waals surface area contributed by atoms with E-state index in [1.165, 1.54) is 0 Å². The van der Waals surface area contributed by atoms with Crippen molar-refractivity contribution in [3.05, 3.63) is 82.5 Å². The second-order valence-electron chi connectivity index (χ2n) is 7.37. The van der Waals surface area contributed by atoms with Gasteiger partial charge in [0.2, 0.25) is 11.7 Å². The van der Waals surface area contributed by atoms with Crippen LogP contribution in [0.3, 0.4) is 0 Å². The minimum atomic E-state index is -0.606. The molecule has 0 spiro atoms. The summed E-state index contributed by atoms with van der Waals surface area (Å²) in [6.45, 7) is 1.03. The fourth-order valence-corrected chi connectivity index (χ4v) is 3.82. The summed E-state index contributed by atoms with van der Waals surface area (Å²) in [4.78, 5) is 31.4. The highest BCUT2D eigenvalue weighted by Crippen LogP contribution is 2.29. The molecular weight excluding hydrogens is 382 g/mol. The predicted octanol–water partition coefficient (Wildman–Crippen LogP) is 3.86. The van der Waals surface area contributed by atoms with Crippen molar-refractivity contribution in [2.45, 2.75) is 18.8 Å². The van der Waals surface area contributed by atoms with E-state index in [0.29, 0.717) is 43.2 Å². The molecule has 0 atom stereocenters. The summed E-state index contributed by atoms with van der Waals surface area (Å²) in [7, 11) is 0. The standard InChI is InChI=1S/C23H19N3O4/c27-22(18-14-17-8-4-5-9-19(17)29-23(18)28)26-12-10-16(11-13-26)21-24-20(25-30-21)15-6-2-1-3-7-15/h1-9,14,16H,10-13H2. The van der Waals surface area contributed by atoms with Crippen molar-refractivity contribution in [1.82, 2.24) is 15.0 Å². The largest absolute Gasteiger partial charge is 0.422 e. The van der Waals surface area contributed by atoms with Gasteiger partial charge in [-0.15, -0.1) is 0 Å². The molecule has 2 aromatic carbocycles. The molecule has 150 valence electrons. The third kappa shape index (κ3) is 3.39. The number of rotatable bonds is 3. The first-order chi connectivity index (χ1) is 14.7. The zero-order valence-electron chi connectivity index (χ0n) is 16.2. The second-order valence-corrected chi connectivity index (χ2v) is 7.37. The molecule has 1 saturated heterocycles. The Kier molecular flexibility index (Phi) is 4.63. The Morgan fingerprint density at radius 2 is 1.73 bits per heavy atom. The van der Waals surface area contributed by atoms with Crippen molar-refractivity contribution in [3.63, 3.8) is 0 Å². The van der Waals surface area contributed by atoms with Gasteiger partial charge < -0.3 is 13.8 Å². The number of piperidine rings is 1. The van der Waals surface area contributed by atoms with Gasteiger partial charge in [0.1, 0.15) is 11.1 Å². The molecule has 0 unspecified atom stereocenters. The number of fused-ring (bicyclic) bond motifs is 1. The highest BCUT2D eigenvalue weighted by molar-refractivity contribution is 5.96. The van der Waals surface area contributed by atoms with Crippen LogP contribution < -0.4 is 5.63 Å². The average Bonchev–Trinajstić information content (AvgIpc) is 3.29. The van der Waals surface area contributed by atoms with Crippen molar-refractivity contribution in [2.24, 2.45) is 0 Å². The minimum absolute atomic E-state index is 0.0660. The number of aromatic nitrogens is 2. The van der Waals surface area contributed by atoms with Crippen molar-refractivity contribution in [1.29, 1.82) is 0 Å². The summed E-state index contributed by atoms with van der Waals surface area (Å²) in [6, 6.07) is 18.4. The van der Waals surface area contributed by atoms with Crippen molar-refractivity contribution >= 4 is 16.9 Å². The van der Waals surface area contributed by atoms with Crippen molar-refractivity contribution in [3.8, 4) is 11.4 Å².